The molecule has 0 rings (SSSR count). The lowest BCUT2D eigenvalue weighted by atomic mass is 10.0. The Labute approximate surface area is 460 Å². The highest BCUT2D eigenvalue weighted by molar-refractivity contribution is 5.71. The Bertz CT molecular complexity index is 1330. The SMILES string of the molecule is CC/C=C\C/C=C\C/C=C\CCCCCCCCCC(=O)OC(COC(=O)CCCCCCC/C=C\CCCCCCCCC)COC(=O)CCCCCCCCCCCCC/C=C\CCCCCCCCCC. The number of carbonyl (C=O) groups excluding carboxylic acids is 3. The minimum atomic E-state index is -0.784. The van der Waals surface area contributed by atoms with Crippen LogP contribution in [0.4, 0.5) is 0 Å². The highest BCUT2D eigenvalue weighted by Gasteiger charge is 2.19. The first-order valence-corrected chi connectivity index (χ1v) is 32.3. The van der Waals surface area contributed by atoms with Crippen LogP contribution in [-0.2, 0) is 28.6 Å². The smallest absolute Gasteiger partial charge is 0.306 e. The van der Waals surface area contributed by atoms with E-state index in [0.29, 0.717) is 19.3 Å². The Kier molecular flexibility index (Phi) is 60.2. The van der Waals surface area contributed by atoms with Crippen molar-refractivity contribution in [3.63, 3.8) is 0 Å². The summed E-state index contributed by atoms with van der Waals surface area (Å²) in [6, 6.07) is 0. The van der Waals surface area contributed by atoms with E-state index in [4.69, 9.17) is 14.2 Å². The van der Waals surface area contributed by atoms with Gasteiger partial charge in [-0.3, -0.25) is 14.4 Å². The van der Waals surface area contributed by atoms with E-state index >= 15 is 0 Å². The van der Waals surface area contributed by atoms with Crippen LogP contribution in [0, 0.1) is 0 Å². The van der Waals surface area contributed by atoms with Crippen molar-refractivity contribution in [2.45, 2.75) is 341 Å². The predicted octanol–water partition coefficient (Wildman–Crippen LogP) is 21.9. The van der Waals surface area contributed by atoms with Crippen LogP contribution in [0.1, 0.15) is 335 Å². The zero-order valence-corrected chi connectivity index (χ0v) is 49.4. The summed E-state index contributed by atoms with van der Waals surface area (Å²) >= 11 is 0. The van der Waals surface area contributed by atoms with Crippen LogP contribution in [0.15, 0.2) is 60.8 Å². The molecule has 0 aliphatic heterocycles. The fourth-order valence-corrected chi connectivity index (χ4v) is 9.39. The maximum absolute atomic E-state index is 12.9. The third-order valence-electron chi connectivity index (χ3n) is 14.2. The van der Waals surface area contributed by atoms with Gasteiger partial charge in [0.1, 0.15) is 13.2 Å². The minimum absolute atomic E-state index is 0.0794. The van der Waals surface area contributed by atoms with Crippen molar-refractivity contribution in [1.82, 2.24) is 0 Å². The van der Waals surface area contributed by atoms with Crippen molar-refractivity contribution < 1.29 is 28.6 Å². The van der Waals surface area contributed by atoms with Gasteiger partial charge < -0.3 is 14.2 Å². The Morgan fingerprint density at radius 3 is 0.838 bits per heavy atom. The molecule has 0 aromatic heterocycles. The molecule has 0 amide bonds. The fraction of sp³-hybridized carbons (Fsp3) is 0.809. The molecule has 0 spiro atoms. The summed E-state index contributed by atoms with van der Waals surface area (Å²) in [5.74, 6) is -0.882. The van der Waals surface area contributed by atoms with Crippen LogP contribution in [0.25, 0.3) is 0 Å². The molecular weight excluding hydrogens is 913 g/mol. The highest BCUT2D eigenvalue weighted by Crippen LogP contribution is 2.17. The Balaban J connectivity index is 4.33. The Hall–Kier alpha value is -2.89. The van der Waals surface area contributed by atoms with Crippen LogP contribution in [0.5, 0.6) is 0 Å². The number of ether oxygens (including phenoxy) is 3. The van der Waals surface area contributed by atoms with E-state index < -0.39 is 6.10 Å². The largest absolute Gasteiger partial charge is 0.462 e. The summed E-state index contributed by atoms with van der Waals surface area (Å²) in [5.41, 5.74) is 0. The maximum atomic E-state index is 12.9. The average molecular weight is 1040 g/mol. The predicted molar refractivity (Wildman–Crippen MR) is 321 cm³/mol. The zero-order valence-electron chi connectivity index (χ0n) is 49.4. The second-order valence-electron chi connectivity index (χ2n) is 21.6. The summed E-state index contributed by atoms with van der Waals surface area (Å²) in [6.45, 7) is 6.56. The van der Waals surface area contributed by atoms with Crippen molar-refractivity contribution in [3.05, 3.63) is 60.8 Å². The molecule has 6 nitrogen and oxygen atoms in total. The normalized spacial score (nSPS) is 12.4. The van der Waals surface area contributed by atoms with Gasteiger partial charge in [0.2, 0.25) is 0 Å². The standard InChI is InChI=1S/C68H122O6/c1-4-7-10-13-16-19-22-25-28-31-32-33-34-35-36-38-40-43-46-49-52-55-58-61-67(70)73-64-65(63-72-66(69)60-57-54-51-48-45-42-39-30-27-24-21-18-15-12-9-6-3)74-68(71)62-59-56-53-50-47-44-41-37-29-26-23-20-17-14-11-8-5-2/h8,11,17,20,26,29-32,39,65H,4-7,9-10,12-16,18-19,21-25,27-28,33-38,40-64H2,1-3H3/b11-8-,20-17-,29-26-,32-31-,39-30-. The lowest BCUT2D eigenvalue weighted by Crippen LogP contribution is -2.30. The minimum Gasteiger partial charge on any atom is -0.462 e. The molecule has 74 heavy (non-hydrogen) atoms. The van der Waals surface area contributed by atoms with Gasteiger partial charge in [0.05, 0.1) is 0 Å². The lowest BCUT2D eigenvalue weighted by Gasteiger charge is -2.18. The average Bonchev–Trinajstić information content (AvgIpc) is 3.40. The van der Waals surface area contributed by atoms with Crippen LogP contribution in [0.2, 0.25) is 0 Å². The van der Waals surface area contributed by atoms with Crippen molar-refractivity contribution in [2.75, 3.05) is 13.2 Å². The molecule has 0 saturated carbocycles. The van der Waals surface area contributed by atoms with Crippen LogP contribution in [-0.4, -0.2) is 37.2 Å². The van der Waals surface area contributed by atoms with E-state index in [1.807, 2.05) is 0 Å². The summed E-state index contributed by atoms with van der Waals surface area (Å²) in [6.07, 6.45) is 79.4. The van der Waals surface area contributed by atoms with Crippen molar-refractivity contribution in [2.24, 2.45) is 0 Å². The van der Waals surface area contributed by atoms with Gasteiger partial charge in [-0.2, -0.15) is 0 Å². The summed E-state index contributed by atoms with van der Waals surface area (Å²) in [4.78, 5) is 38.3. The van der Waals surface area contributed by atoms with E-state index in [0.717, 1.165) is 89.9 Å². The second-order valence-corrected chi connectivity index (χ2v) is 21.6. The number of rotatable bonds is 59. The monoisotopic (exact) mass is 1030 g/mol. The lowest BCUT2D eigenvalue weighted by molar-refractivity contribution is -0.167. The van der Waals surface area contributed by atoms with Gasteiger partial charge in [-0.05, 0) is 103 Å². The van der Waals surface area contributed by atoms with Crippen LogP contribution < -0.4 is 0 Å². The third-order valence-corrected chi connectivity index (χ3v) is 14.2. The molecule has 1 atom stereocenters. The third kappa shape index (κ3) is 60.0. The van der Waals surface area contributed by atoms with Crippen molar-refractivity contribution in [3.8, 4) is 0 Å². The number of allylic oxidation sites excluding steroid dienone is 10. The molecule has 1 unspecified atom stereocenters. The molecule has 0 radical (unpaired) electrons. The quantitative estimate of drug-likeness (QED) is 0.0261. The molecule has 0 heterocycles. The van der Waals surface area contributed by atoms with E-state index in [2.05, 4.69) is 81.5 Å². The second kappa shape index (κ2) is 62.6. The van der Waals surface area contributed by atoms with E-state index in [9.17, 15) is 14.4 Å². The Morgan fingerprint density at radius 2 is 0.527 bits per heavy atom. The number of carbonyl (C=O) groups is 3. The summed E-state index contributed by atoms with van der Waals surface area (Å²) in [7, 11) is 0. The van der Waals surface area contributed by atoms with Crippen LogP contribution >= 0.6 is 0 Å². The molecule has 0 aromatic rings. The molecule has 0 aliphatic rings. The van der Waals surface area contributed by atoms with Gasteiger partial charge in [0.15, 0.2) is 6.10 Å². The van der Waals surface area contributed by atoms with E-state index in [1.54, 1.807) is 0 Å². The molecular formula is C68H122O6. The molecule has 6 heteroatoms. The molecule has 0 bridgehead atoms. The van der Waals surface area contributed by atoms with Crippen molar-refractivity contribution >= 4 is 17.9 Å². The van der Waals surface area contributed by atoms with Gasteiger partial charge in [0.25, 0.3) is 0 Å². The molecule has 430 valence electrons. The van der Waals surface area contributed by atoms with Gasteiger partial charge in [-0.1, -0.05) is 274 Å². The van der Waals surface area contributed by atoms with Gasteiger partial charge in [0, 0.05) is 19.3 Å². The molecule has 0 aromatic carbocycles. The fourth-order valence-electron chi connectivity index (χ4n) is 9.39. The van der Waals surface area contributed by atoms with Crippen LogP contribution in [0.3, 0.4) is 0 Å². The van der Waals surface area contributed by atoms with Gasteiger partial charge in [-0.15, -0.1) is 0 Å². The Morgan fingerprint density at radius 1 is 0.284 bits per heavy atom. The molecule has 0 aliphatic carbocycles. The first kappa shape index (κ1) is 71.1. The number of hydrogen-bond acceptors (Lipinski definition) is 6. The van der Waals surface area contributed by atoms with Gasteiger partial charge in [-0.25, -0.2) is 0 Å². The number of hydrogen-bond donors (Lipinski definition) is 0. The van der Waals surface area contributed by atoms with Gasteiger partial charge >= 0.3 is 17.9 Å². The summed E-state index contributed by atoms with van der Waals surface area (Å²) < 4.78 is 16.9. The zero-order chi connectivity index (χ0) is 53.6. The first-order valence-electron chi connectivity index (χ1n) is 32.3. The molecule has 0 fully saturated rings. The van der Waals surface area contributed by atoms with E-state index in [1.165, 1.54) is 205 Å². The highest BCUT2D eigenvalue weighted by atomic mass is 16.6. The number of unbranched alkanes of at least 4 members (excludes halogenated alkanes) is 38. The summed E-state index contributed by atoms with van der Waals surface area (Å²) in [5, 5.41) is 0. The first-order chi connectivity index (χ1) is 36.5. The molecule has 0 N–H and O–H groups in total. The topological polar surface area (TPSA) is 78.9 Å². The number of esters is 3. The maximum Gasteiger partial charge on any atom is 0.306 e. The van der Waals surface area contributed by atoms with E-state index in [-0.39, 0.29) is 31.1 Å². The van der Waals surface area contributed by atoms with Crippen molar-refractivity contribution in [1.29, 1.82) is 0 Å². The molecule has 0 saturated heterocycles.